The lowest BCUT2D eigenvalue weighted by atomic mass is 9.99. The summed E-state index contributed by atoms with van der Waals surface area (Å²) < 4.78 is 1.97. The van der Waals surface area contributed by atoms with E-state index in [1.165, 1.54) is 0 Å². The number of rotatable bonds is 3. The van der Waals surface area contributed by atoms with E-state index < -0.39 is 0 Å². The van der Waals surface area contributed by atoms with Crippen LogP contribution in [0.1, 0.15) is 32.4 Å². The van der Waals surface area contributed by atoms with Gasteiger partial charge in [-0.15, -0.1) is 0 Å². The highest BCUT2D eigenvalue weighted by Gasteiger charge is 2.24. The summed E-state index contributed by atoms with van der Waals surface area (Å²) in [5.41, 5.74) is 7.81. The molecule has 0 radical (unpaired) electrons. The van der Waals surface area contributed by atoms with Gasteiger partial charge in [0.1, 0.15) is 5.82 Å². The number of aryl methyl sites for hydroxylation is 2. The highest BCUT2D eigenvalue weighted by atomic mass is 15.3. The maximum atomic E-state index is 6.10. The van der Waals surface area contributed by atoms with Gasteiger partial charge in [0.25, 0.3) is 0 Å². The van der Waals surface area contributed by atoms with E-state index in [1.807, 2.05) is 11.6 Å². The largest absolute Gasteiger partial charge is 0.394 e. The molecular formula is C13H25N5. The lowest BCUT2D eigenvalue weighted by Gasteiger charge is -2.35. The van der Waals surface area contributed by atoms with Crippen LogP contribution in [-0.2, 0) is 6.54 Å². The molecule has 2 atom stereocenters. The van der Waals surface area contributed by atoms with Gasteiger partial charge in [-0.1, -0.05) is 0 Å². The summed E-state index contributed by atoms with van der Waals surface area (Å²) in [5, 5.41) is 8.04. The zero-order chi connectivity index (χ0) is 13.3. The summed E-state index contributed by atoms with van der Waals surface area (Å²) >= 11 is 0. The minimum atomic E-state index is 0.500. The molecule has 1 aromatic heterocycles. The van der Waals surface area contributed by atoms with Crippen LogP contribution in [0.5, 0.6) is 0 Å². The van der Waals surface area contributed by atoms with Crippen LogP contribution in [0.3, 0.4) is 0 Å². The number of hydrogen-bond donors (Lipinski definition) is 2. The quantitative estimate of drug-likeness (QED) is 0.858. The molecule has 2 heterocycles. The predicted molar refractivity (Wildman–Crippen MR) is 75.8 cm³/mol. The van der Waals surface area contributed by atoms with Crippen molar-refractivity contribution in [3.8, 4) is 0 Å². The number of nitrogens with two attached hydrogens (primary N) is 1. The van der Waals surface area contributed by atoms with Crippen LogP contribution in [0.4, 0.5) is 11.5 Å². The van der Waals surface area contributed by atoms with Gasteiger partial charge in [0.15, 0.2) is 0 Å². The van der Waals surface area contributed by atoms with Crippen LogP contribution >= 0.6 is 0 Å². The molecule has 0 aliphatic carbocycles. The van der Waals surface area contributed by atoms with Gasteiger partial charge in [-0.25, -0.2) is 4.68 Å². The number of piperidine rings is 1. The van der Waals surface area contributed by atoms with Gasteiger partial charge in [0.2, 0.25) is 0 Å². The Kier molecular flexibility index (Phi) is 3.80. The molecule has 1 aliphatic heterocycles. The Morgan fingerprint density at radius 1 is 1.50 bits per heavy atom. The molecule has 102 valence electrons. The zero-order valence-electron chi connectivity index (χ0n) is 11.9. The van der Waals surface area contributed by atoms with E-state index in [-0.39, 0.29) is 0 Å². The number of aromatic nitrogens is 2. The molecule has 0 aromatic carbocycles. The Hall–Kier alpha value is -1.23. The fourth-order valence-electron chi connectivity index (χ4n) is 2.59. The van der Waals surface area contributed by atoms with Crippen molar-refractivity contribution in [2.24, 2.45) is 0 Å². The second kappa shape index (κ2) is 5.18. The molecule has 0 spiro atoms. The fourth-order valence-corrected chi connectivity index (χ4v) is 2.59. The van der Waals surface area contributed by atoms with Gasteiger partial charge in [0.05, 0.1) is 11.4 Å². The number of nitrogens with one attached hydrogen (secondary N) is 1. The summed E-state index contributed by atoms with van der Waals surface area (Å²) in [5.74, 6) is 0.997. The number of nitrogens with zero attached hydrogens (tertiary/aromatic N) is 3. The Morgan fingerprint density at radius 2 is 2.22 bits per heavy atom. The van der Waals surface area contributed by atoms with Crippen LogP contribution in [0.25, 0.3) is 0 Å². The third-order valence-electron chi connectivity index (χ3n) is 4.02. The first-order valence-electron chi connectivity index (χ1n) is 6.82. The summed E-state index contributed by atoms with van der Waals surface area (Å²) in [4.78, 5) is 2.41. The molecule has 0 bridgehead atoms. The van der Waals surface area contributed by atoms with E-state index in [0.29, 0.717) is 12.1 Å². The molecule has 2 rings (SSSR count). The van der Waals surface area contributed by atoms with Gasteiger partial charge in [0, 0.05) is 25.2 Å². The van der Waals surface area contributed by atoms with E-state index >= 15 is 0 Å². The Balaban J connectivity index is 2.10. The van der Waals surface area contributed by atoms with Crippen LogP contribution < -0.4 is 11.1 Å². The van der Waals surface area contributed by atoms with E-state index in [0.717, 1.165) is 43.1 Å². The summed E-state index contributed by atoms with van der Waals surface area (Å²) in [7, 11) is 2.19. The van der Waals surface area contributed by atoms with Crippen molar-refractivity contribution in [3.63, 3.8) is 0 Å². The van der Waals surface area contributed by atoms with Crippen molar-refractivity contribution in [2.45, 2.75) is 52.2 Å². The third-order valence-corrected chi connectivity index (χ3v) is 4.02. The third kappa shape index (κ3) is 2.46. The summed E-state index contributed by atoms with van der Waals surface area (Å²) in [6, 6.07) is 1.12. The monoisotopic (exact) mass is 251 g/mol. The van der Waals surface area contributed by atoms with Crippen LogP contribution in [0, 0.1) is 6.92 Å². The van der Waals surface area contributed by atoms with Gasteiger partial charge in [-0.2, -0.15) is 5.10 Å². The summed E-state index contributed by atoms with van der Waals surface area (Å²) in [6.45, 7) is 8.32. The van der Waals surface area contributed by atoms with Crippen LogP contribution in [0.15, 0.2) is 0 Å². The van der Waals surface area contributed by atoms with Gasteiger partial charge < -0.3 is 16.0 Å². The Labute approximate surface area is 109 Å². The number of hydrogen-bond acceptors (Lipinski definition) is 4. The molecular weight excluding hydrogens is 226 g/mol. The maximum absolute atomic E-state index is 6.10. The molecule has 1 aromatic rings. The first-order chi connectivity index (χ1) is 8.52. The number of anilines is 2. The van der Waals surface area contributed by atoms with Crippen molar-refractivity contribution in [1.29, 1.82) is 0 Å². The van der Waals surface area contributed by atoms with Crippen LogP contribution in [0.2, 0.25) is 0 Å². The molecule has 0 amide bonds. The van der Waals surface area contributed by atoms with Gasteiger partial charge >= 0.3 is 0 Å². The second-order valence-electron chi connectivity index (χ2n) is 5.36. The molecule has 3 N–H and O–H groups in total. The first-order valence-corrected chi connectivity index (χ1v) is 6.82. The molecule has 5 nitrogen and oxygen atoms in total. The lowest BCUT2D eigenvalue weighted by Crippen LogP contribution is -2.43. The molecule has 2 unspecified atom stereocenters. The summed E-state index contributed by atoms with van der Waals surface area (Å²) in [6.07, 6.45) is 2.32. The maximum Gasteiger partial charge on any atom is 0.148 e. The highest BCUT2D eigenvalue weighted by Crippen LogP contribution is 2.26. The average Bonchev–Trinajstić information content (AvgIpc) is 2.61. The van der Waals surface area contributed by atoms with Crippen LogP contribution in [-0.4, -0.2) is 40.4 Å². The molecule has 18 heavy (non-hydrogen) atoms. The predicted octanol–water partition coefficient (Wildman–Crippen LogP) is 1.69. The second-order valence-corrected chi connectivity index (χ2v) is 5.36. The van der Waals surface area contributed by atoms with Gasteiger partial charge in [-0.05, 0) is 40.7 Å². The number of likely N-dealkylation sites (tertiary alicyclic amines) is 1. The normalized spacial score (nSPS) is 25.3. The topological polar surface area (TPSA) is 59.1 Å². The minimum Gasteiger partial charge on any atom is -0.394 e. The van der Waals surface area contributed by atoms with E-state index in [9.17, 15) is 0 Å². The fraction of sp³-hybridized carbons (Fsp3) is 0.769. The van der Waals surface area contributed by atoms with Gasteiger partial charge in [-0.3, -0.25) is 0 Å². The molecule has 1 aliphatic rings. The first kappa shape index (κ1) is 13.2. The van der Waals surface area contributed by atoms with Crippen molar-refractivity contribution < 1.29 is 0 Å². The zero-order valence-corrected chi connectivity index (χ0v) is 11.9. The molecule has 1 fully saturated rings. The highest BCUT2D eigenvalue weighted by molar-refractivity contribution is 5.65. The Morgan fingerprint density at radius 3 is 2.83 bits per heavy atom. The number of nitrogen functional groups attached to an aromatic ring is 1. The van der Waals surface area contributed by atoms with Crippen molar-refractivity contribution in [3.05, 3.63) is 5.69 Å². The molecule has 1 saturated heterocycles. The van der Waals surface area contributed by atoms with Crippen molar-refractivity contribution >= 4 is 11.5 Å². The van der Waals surface area contributed by atoms with E-state index in [4.69, 9.17) is 5.73 Å². The van der Waals surface area contributed by atoms with E-state index in [2.05, 4.69) is 36.2 Å². The smallest absolute Gasteiger partial charge is 0.148 e. The van der Waals surface area contributed by atoms with Crippen molar-refractivity contribution in [1.82, 2.24) is 14.7 Å². The van der Waals surface area contributed by atoms with E-state index in [1.54, 1.807) is 0 Å². The van der Waals surface area contributed by atoms with Crippen molar-refractivity contribution in [2.75, 3.05) is 24.6 Å². The Bertz CT molecular complexity index is 412. The molecule has 5 heteroatoms. The minimum absolute atomic E-state index is 0.500. The lowest BCUT2D eigenvalue weighted by molar-refractivity contribution is 0.190. The standard InChI is InChI=1S/C13H25N5/c1-5-18-13(12(14)10(3)16-18)15-11-6-7-17(4)9(2)8-11/h9,11,15H,5-8,14H2,1-4H3. The molecule has 0 saturated carbocycles. The SMILES string of the molecule is CCn1nc(C)c(N)c1NC1CCN(C)C(C)C1. The average molecular weight is 251 g/mol.